The van der Waals surface area contributed by atoms with Crippen molar-refractivity contribution in [3.05, 3.63) is 23.3 Å². The van der Waals surface area contributed by atoms with E-state index in [1.165, 1.54) is 6.92 Å². The van der Waals surface area contributed by atoms with Crippen LogP contribution >= 0.6 is 0 Å². The maximum atomic E-state index is 13.1. The highest BCUT2D eigenvalue weighted by molar-refractivity contribution is 6.00. The van der Waals surface area contributed by atoms with E-state index in [0.717, 1.165) is 0 Å². The Kier molecular flexibility index (Phi) is 5.92. The lowest BCUT2D eigenvalue weighted by molar-refractivity contribution is -0.221. The zero-order chi connectivity index (χ0) is 25.4. The molecule has 0 aromatic carbocycles. The second-order valence-electron chi connectivity index (χ2n) is 11.5. The Hall–Kier alpha value is -1.99. The minimum Gasteiger partial charge on any atom is -0.458 e. The molecule has 7 nitrogen and oxygen atoms in total. The standard InChI is InChI=1S/C27H38O7/c1-8-13(2)24(31)34-27-22(25(27,6)7)20-11-17(12-28)10-18-19(9-14(3)21(18)30)26(20,32)15(4)23(27)33-16(5)29/h9,11,13,15,18-20,22-23,28,32H,8,10,12H2,1-7H3/t13?,15-,18-,19-,20+,22-,23-,26+,27-/m1/s1. The van der Waals surface area contributed by atoms with E-state index in [9.17, 15) is 24.6 Å². The average Bonchev–Trinajstić information content (AvgIpc) is 3.17. The number of hydrogen-bond acceptors (Lipinski definition) is 7. The average molecular weight is 475 g/mol. The van der Waals surface area contributed by atoms with Crippen LogP contribution in [0.3, 0.4) is 0 Å². The molecule has 0 aromatic rings. The number of aliphatic hydroxyl groups excluding tert-OH is 1. The van der Waals surface area contributed by atoms with E-state index < -0.39 is 52.4 Å². The Bertz CT molecular complexity index is 977. The lowest BCUT2D eigenvalue weighted by Crippen LogP contribution is -2.63. The highest BCUT2D eigenvalue weighted by Crippen LogP contribution is 2.77. The third kappa shape index (κ3) is 3.12. The SMILES string of the molecule is CCC(C)C(=O)O[C@@]12[C@H](OC(C)=O)[C@@H](C)[C@]3(O)[C@@H]4C=C(C)C(=O)[C@@H]4CC(CO)=C[C@H]3[C@@H]1C2(C)C. The Labute approximate surface area is 201 Å². The number of allylic oxidation sites excluding steroid dienone is 1. The monoisotopic (exact) mass is 474 g/mol. The van der Waals surface area contributed by atoms with Gasteiger partial charge in [0.1, 0.15) is 6.10 Å². The van der Waals surface area contributed by atoms with Crippen LogP contribution in [-0.4, -0.2) is 51.8 Å². The van der Waals surface area contributed by atoms with Gasteiger partial charge in [0.15, 0.2) is 11.4 Å². The summed E-state index contributed by atoms with van der Waals surface area (Å²) >= 11 is 0. The predicted molar refractivity (Wildman–Crippen MR) is 124 cm³/mol. The molecule has 2 N–H and O–H groups in total. The molecule has 2 saturated carbocycles. The van der Waals surface area contributed by atoms with Crippen LogP contribution in [0.25, 0.3) is 0 Å². The molecule has 0 saturated heterocycles. The van der Waals surface area contributed by atoms with Gasteiger partial charge in [-0.25, -0.2) is 0 Å². The van der Waals surface area contributed by atoms with Crippen LogP contribution in [0.15, 0.2) is 23.3 Å². The molecule has 1 unspecified atom stereocenters. The summed E-state index contributed by atoms with van der Waals surface area (Å²) in [5.41, 5.74) is -1.81. The quantitative estimate of drug-likeness (QED) is 0.466. The van der Waals surface area contributed by atoms with Gasteiger partial charge in [0.25, 0.3) is 0 Å². The van der Waals surface area contributed by atoms with Crippen LogP contribution in [0.1, 0.15) is 61.3 Å². The smallest absolute Gasteiger partial charge is 0.309 e. The zero-order valence-corrected chi connectivity index (χ0v) is 21.3. The van der Waals surface area contributed by atoms with Gasteiger partial charge in [0.05, 0.1) is 18.1 Å². The predicted octanol–water partition coefficient (Wildman–Crippen LogP) is 2.98. The molecule has 4 aliphatic carbocycles. The van der Waals surface area contributed by atoms with Crippen LogP contribution < -0.4 is 0 Å². The fourth-order valence-corrected chi connectivity index (χ4v) is 7.37. The molecule has 4 aliphatic rings. The summed E-state index contributed by atoms with van der Waals surface area (Å²) in [7, 11) is 0. The number of carbonyl (C=O) groups is 3. The lowest BCUT2D eigenvalue weighted by atomic mass is 9.60. The molecular weight excluding hydrogens is 436 g/mol. The van der Waals surface area contributed by atoms with Gasteiger partial charge in [-0.2, -0.15) is 0 Å². The zero-order valence-electron chi connectivity index (χ0n) is 21.3. The molecule has 2 fully saturated rings. The van der Waals surface area contributed by atoms with E-state index in [1.807, 2.05) is 46.8 Å². The van der Waals surface area contributed by atoms with Crippen molar-refractivity contribution < 1.29 is 34.1 Å². The third-order valence-electron chi connectivity index (χ3n) is 9.46. The van der Waals surface area contributed by atoms with Crippen molar-refractivity contribution in [2.75, 3.05) is 6.61 Å². The van der Waals surface area contributed by atoms with Gasteiger partial charge in [-0.3, -0.25) is 14.4 Å². The first-order valence-corrected chi connectivity index (χ1v) is 12.4. The minimum absolute atomic E-state index is 0.0234. The Morgan fingerprint density at radius 1 is 1.24 bits per heavy atom. The Balaban J connectivity index is 1.90. The highest BCUT2D eigenvalue weighted by Gasteiger charge is 2.87. The van der Waals surface area contributed by atoms with Crippen LogP contribution in [0, 0.1) is 40.9 Å². The molecule has 0 radical (unpaired) electrons. The first kappa shape index (κ1) is 25.1. The van der Waals surface area contributed by atoms with E-state index in [1.54, 1.807) is 6.92 Å². The van der Waals surface area contributed by atoms with Gasteiger partial charge < -0.3 is 19.7 Å². The fourth-order valence-electron chi connectivity index (χ4n) is 7.37. The van der Waals surface area contributed by atoms with Crippen molar-refractivity contribution in [1.82, 2.24) is 0 Å². The molecule has 7 heteroatoms. The molecule has 0 aromatic heterocycles. The molecule has 0 spiro atoms. The maximum Gasteiger partial charge on any atom is 0.309 e. The van der Waals surface area contributed by atoms with Crippen molar-refractivity contribution in [3.8, 4) is 0 Å². The molecule has 4 rings (SSSR count). The second kappa shape index (κ2) is 8.02. The van der Waals surface area contributed by atoms with Crippen molar-refractivity contribution in [3.63, 3.8) is 0 Å². The fraction of sp³-hybridized carbons (Fsp3) is 0.741. The number of rotatable bonds is 5. The molecular formula is C27H38O7. The number of esters is 2. The first-order valence-electron chi connectivity index (χ1n) is 12.4. The number of ketones is 1. The second-order valence-corrected chi connectivity index (χ2v) is 11.5. The highest BCUT2D eigenvalue weighted by atomic mass is 16.6. The summed E-state index contributed by atoms with van der Waals surface area (Å²) < 4.78 is 12.1. The summed E-state index contributed by atoms with van der Waals surface area (Å²) in [6.07, 6.45) is 3.87. The van der Waals surface area contributed by atoms with E-state index >= 15 is 0 Å². The summed E-state index contributed by atoms with van der Waals surface area (Å²) in [6, 6.07) is 0. The molecule has 9 atom stereocenters. The summed E-state index contributed by atoms with van der Waals surface area (Å²) in [6.45, 7) is 12.4. The Morgan fingerprint density at radius 2 is 1.88 bits per heavy atom. The van der Waals surface area contributed by atoms with E-state index in [-0.39, 0.29) is 30.2 Å². The third-order valence-corrected chi connectivity index (χ3v) is 9.46. The van der Waals surface area contributed by atoms with Crippen LogP contribution in [0.2, 0.25) is 0 Å². The van der Waals surface area contributed by atoms with E-state index in [2.05, 4.69) is 0 Å². The number of aliphatic hydroxyl groups is 2. The summed E-state index contributed by atoms with van der Waals surface area (Å²) in [5.74, 6) is -3.62. The normalized spacial score (nSPS) is 42.8. The van der Waals surface area contributed by atoms with Crippen molar-refractivity contribution >= 4 is 17.7 Å². The van der Waals surface area contributed by atoms with Crippen LogP contribution in [0.4, 0.5) is 0 Å². The van der Waals surface area contributed by atoms with E-state index in [4.69, 9.17) is 9.47 Å². The topological polar surface area (TPSA) is 110 Å². The maximum absolute atomic E-state index is 13.1. The number of fused-ring (bicyclic) bond motifs is 5. The van der Waals surface area contributed by atoms with Crippen molar-refractivity contribution in [1.29, 1.82) is 0 Å². The summed E-state index contributed by atoms with van der Waals surface area (Å²) in [4.78, 5) is 38.3. The van der Waals surface area contributed by atoms with Gasteiger partial charge in [-0.05, 0) is 30.9 Å². The molecule has 0 aliphatic heterocycles. The van der Waals surface area contributed by atoms with Gasteiger partial charge in [0.2, 0.25) is 0 Å². The number of Topliss-reactive ketones (excluding diaryl/α,β-unsaturated/α-hetero) is 1. The van der Waals surface area contributed by atoms with Gasteiger partial charge in [-0.1, -0.05) is 46.8 Å². The number of hydrogen-bond donors (Lipinski definition) is 2. The van der Waals surface area contributed by atoms with Crippen LogP contribution in [-0.2, 0) is 23.9 Å². The molecule has 0 bridgehead atoms. The molecule has 188 valence electrons. The van der Waals surface area contributed by atoms with Crippen LogP contribution in [0.5, 0.6) is 0 Å². The summed E-state index contributed by atoms with van der Waals surface area (Å²) in [5, 5.41) is 22.6. The number of ether oxygens (including phenoxy) is 2. The van der Waals surface area contributed by atoms with Gasteiger partial charge >= 0.3 is 11.9 Å². The van der Waals surface area contributed by atoms with Gasteiger partial charge in [-0.15, -0.1) is 0 Å². The Morgan fingerprint density at radius 3 is 2.44 bits per heavy atom. The van der Waals surface area contributed by atoms with E-state index in [0.29, 0.717) is 24.0 Å². The molecule has 34 heavy (non-hydrogen) atoms. The minimum atomic E-state index is -1.42. The molecule has 0 heterocycles. The molecule has 0 amide bonds. The van der Waals surface area contributed by atoms with Crippen molar-refractivity contribution in [2.45, 2.75) is 78.6 Å². The lowest BCUT2D eigenvalue weighted by Gasteiger charge is -2.52. The van der Waals surface area contributed by atoms with Crippen molar-refractivity contribution in [2.24, 2.45) is 40.9 Å². The first-order chi connectivity index (χ1) is 15.8. The number of carbonyl (C=O) groups excluding carboxylic acids is 3. The largest absolute Gasteiger partial charge is 0.458 e. The van der Waals surface area contributed by atoms with Gasteiger partial charge in [0, 0.05) is 41.9 Å².